The van der Waals surface area contributed by atoms with Crippen molar-refractivity contribution in [2.75, 3.05) is 5.73 Å². The molecule has 94 valence electrons. The summed E-state index contributed by atoms with van der Waals surface area (Å²) in [6, 6.07) is 3.16. The summed E-state index contributed by atoms with van der Waals surface area (Å²) >= 11 is 0. The first kappa shape index (κ1) is 12.0. The molecule has 0 saturated carbocycles. The highest BCUT2D eigenvalue weighted by molar-refractivity contribution is 5.92. The normalized spacial score (nSPS) is 10.3. The zero-order valence-corrected chi connectivity index (χ0v) is 10.00. The predicted octanol–water partition coefficient (Wildman–Crippen LogP) is 0.205. The maximum Gasteiger partial charge on any atom is 0.270 e. The fourth-order valence-corrected chi connectivity index (χ4v) is 1.50. The number of aryl methyl sites for hydroxylation is 1. The van der Waals surface area contributed by atoms with Crippen LogP contribution < -0.4 is 11.1 Å². The summed E-state index contributed by atoms with van der Waals surface area (Å²) in [6.45, 7) is 3.05. The average Bonchev–Trinajstić information content (AvgIpc) is 2.83. The number of carbonyl (C=O) groups excluding carboxylic acids is 1. The van der Waals surface area contributed by atoms with Crippen LogP contribution >= 0.6 is 0 Å². The fraction of sp³-hybridized carbons (Fsp3) is 0.273. The first-order chi connectivity index (χ1) is 8.70. The van der Waals surface area contributed by atoms with Crippen LogP contribution in [0.4, 0.5) is 5.69 Å². The summed E-state index contributed by atoms with van der Waals surface area (Å²) in [5.41, 5.74) is 6.38. The SMILES string of the molecule is CCn1cnnc1CNC(=O)c1cc(N)ccn1. The van der Waals surface area contributed by atoms with E-state index in [9.17, 15) is 4.79 Å². The number of nitrogens with zero attached hydrogens (tertiary/aromatic N) is 4. The number of anilines is 1. The van der Waals surface area contributed by atoms with Crippen LogP contribution in [0.5, 0.6) is 0 Å². The molecular weight excluding hydrogens is 232 g/mol. The Hall–Kier alpha value is -2.44. The van der Waals surface area contributed by atoms with Gasteiger partial charge in [0.15, 0.2) is 5.82 Å². The number of aromatic nitrogens is 4. The minimum absolute atomic E-state index is 0.284. The van der Waals surface area contributed by atoms with Crippen LogP contribution in [0.2, 0.25) is 0 Å². The molecule has 2 aromatic rings. The predicted molar refractivity (Wildman–Crippen MR) is 65.5 cm³/mol. The van der Waals surface area contributed by atoms with Crippen molar-refractivity contribution in [2.24, 2.45) is 0 Å². The van der Waals surface area contributed by atoms with Crippen molar-refractivity contribution in [2.45, 2.75) is 20.0 Å². The van der Waals surface area contributed by atoms with Gasteiger partial charge in [-0.1, -0.05) is 0 Å². The summed E-state index contributed by atoms with van der Waals surface area (Å²) < 4.78 is 1.85. The van der Waals surface area contributed by atoms with Gasteiger partial charge in [0.1, 0.15) is 12.0 Å². The molecular formula is C11H14N6O. The third kappa shape index (κ3) is 2.62. The monoisotopic (exact) mass is 246 g/mol. The van der Waals surface area contributed by atoms with Gasteiger partial charge in [0.2, 0.25) is 0 Å². The lowest BCUT2D eigenvalue weighted by Gasteiger charge is -2.05. The largest absolute Gasteiger partial charge is 0.399 e. The van der Waals surface area contributed by atoms with E-state index in [2.05, 4.69) is 20.5 Å². The maximum atomic E-state index is 11.8. The molecule has 18 heavy (non-hydrogen) atoms. The molecule has 0 unspecified atom stereocenters. The van der Waals surface area contributed by atoms with Gasteiger partial charge in [0.25, 0.3) is 5.91 Å². The molecule has 2 heterocycles. The van der Waals surface area contributed by atoms with E-state index >= 15 is 0 Å². The third-order valence-corrected chi connectivity index (χ3v) is 2.46. The van der Waals surface area contributed by atoms with Crippen LogP contribution in [-0.2, 0) is 13.1 Å². The summed E-state index contributed by atoms with van der Waals surface area (Å²) in [4.78, 5) is 15.8. The number of amides is 1. The van der Waals surface area contributed by atoms with Gasteiger partial charge in [-0.25, -0.2) is 0 Å². The van der Waals surface area contributed by atoms with Crippen molar-refractivity contribution < 1.29 is 4.79 Å². The van der Waals surface area contributed by atoms with Gasteiger partial charge in [0.05, 0.1) is 6.54 Å². The molecule has 0 radical (unpaired) electrons. The molecule has 7 heteroatoms. The highest BCUT2D eigenvalue weighted by Crippen LogP contribution is 2.03. The van der Waals surface area contributed by atoms with E-state index in [-0.39, 0.29) is 11.6 Å². The fourth-order valence-electron chi connectivity index (χ4n) is 1.50. The zero-order valence-electron chi connectivity index (χ0n) is 10.00. The van der Waals surface area contributed by atoms with Crippen LogP contribution in [0.25, 0.3) is 0 Å². The second-order valence-corrected chi connectivity index (χ2v) is 3.69. The molecule has 0 aliphatic heterocycles. The van der Waals surface area contributed by atoms with Crippen LogP contribution in [-0.4, -0.2) is 25.7 Å². The van der Waals surface area contributed by atoms with Gasteiger partial charge >= 0.3 is 0 Å². The second-order valence-electron chi connectivity index (χ2n) is 3.69. The van der Waals surface area contributed by atoms with Crippen LogP contribution in [0, 0.1) is 0 Å². The van der Waals surface area contributed by atoms with Crippen LogP contribution in [0.15, 0.2) is 24.7 Å². The summed E-state index contributed by atoms with van der Waals surface area (Å²) in [5.74, 6) is 0.419. The van der Waals surface area contributed by atoms with Crippen molar-refractivity contribution in [3.63, 3.8) is 0 Å². The molecule has 1 amide bonds. The number of hydrogen-bond acceptors (Lipinski definition) is 5. The van der Waals surface area contributed by atoms with Crippen molar-refractivity contribution in [3.05, 3.63) is 36.2 Å². The van der Waals surface area contributed by atoms with Gasteiger partial charge in [-0.05, 0) is 19.1 Å². The molecule has 2 rings (SSSR count). The summed E-state index contributed by atoms with van der Waals surface area (Å²) in [7, 11) is 0. The van der Waals surface area contributed by atoms with E-state index in [1.807, 2.05) is 11.5 Å². The molecule has 0 aromatic carbocycles. The Bertz CT molecular complexity index is 550. The maximum absolute atomic E-state index is 11.8. The van der Waals surface area contributed by atoms with Crippen molar-refractivity contribution in [1.29, 1.82) is 0 Å². The Morgan fingerprint density at radius 1 is 1.56 bits per heavy atom. The lowest BCUT2D eigenvalue weighted by Crippen LogP contribution is -2.25. The van der Waals surface area contributed by atoms with E-state index in [0.717, 1.165) is 6.54 Å². The molecule has 0 aliphatic rings. The van der Waals surface area contributed by atoms with Crippen molar-refractivity contribution >= 4 is 11.6 Å². The van der Waals surface area contributed by atoms with E-state index in [4.69, 9.17) is 5.73 Å². The molecule has 0 aliphatic carbocycles. The van der Waals surface area contributed by atoms with E-state index in [0.29, 0.717) is 18.1 Å². The Labute approximate surface area is 104 Å². The molecule has 0 spiro atoms. The van der Waals surface area contributed by atoms with E-state index in [1.165, 1.54) is 12.3 Å². The minimum atomic E-state index is -0.284. The smallest absolute Gasteiger partial charge is 0.270 e. The molecule has 0 bridgehead atoms. The highest BCUT2D eigenvalue weighted by Gasteiger charge is 2.09. The first-order valence-corrected chi connectivity index (χ1v) is 5.57. The number of nitrogen functional groups attached to an aromatic ring is 1. The number of nitrogens with one attached hydrogen (secondary N) is 1. The third-order valence-electron chi connectivity index (χ3n) is 2.46. The lowest BCUT2D eigenvalue weighted by atomic mass is 10.3. The number of nitrogens with two attached hydrogens (primary N) is 1. The van der Waals surface area contributed by atoms with Gasteiger partial charge in [-0.15, -0.1) is 10.2 Å². The first-order valence-electron chi connectivity index (χ1n) is 5.57. The van der Waals surface area contributed by atoms with Crippen molar-refractivity contribution in [1.82, 2.24) is 25.1 Å². The van der Waals surface area contributed by atoms with Crippen LogP contribution in [0.1, 0.15) is 23.2 Å². The average molecular weight is 246 g/mol. The topological polar surface area (TPSA) is 98.7 Å². The van der Waals surface area contributed by atoms with Gasteiger partial charge in [-0.3, -0.25) is 9.78 Å². The van der Waals surface area contributed by atoms with E-state index < -0.39 is 0 Å². The standard InChI is InChI=1S/C11H14N6O/c1-2-17-7-15-16-10(17)6-14-11(18)9-5-8(12)3-4-13-9/h3-5,7H,2,6H2,1H3,(H2,12,13)(H,14,18). The van der Waals surface area contributed by atoms with Crippen molar-refractivity contribution in [3.8, 4) is 0 Å². The van der Waals surface area contributed by atoms with Gasteiger partial charge in [0, 0.05) is 18.4 Å². The summed E-state index contributed by atoms with van der Waals surface area (Å²) in [6.07, 6.45) is 3.12. The van der Waals surface area contributed by atoms with E-state index in [1.54, 1.807) is 12.4 Å². The number of rotatable bonds is 4. The lowest BCUT2D eigenvalue weighted by molar-refractivity contribution is 0.0944. The number of pyridine rings is 1. The Balaban J connectivity index is 2.00. The Morgan fingerprint density at radius 3 is 3.11 bits per heavy atom. The Kier molecular flexibility index (Phi) is 3.52. The van der Waals surface area contributed by atoms with Gasteiger partial charge < -0.3 is 15.6 Å². The molecule has 7 nitrogen and oxygen atoms in total. The number of carbonyl (C=O) groups is 1. The minimum Gasteiger partial charge on any atom is -0.399 e. The summed E-state index contributed by atoms with van der Waals surface area (Å²) in [5, 5.41) is 10.4. The molecule has 0 saturated heterocycles. The molecule has 0 fully saturated rings. The zero-order chi connectivity index (χ0) is 13.0. The highest BCUT2D eigenvalue weighted by atomic mass is 16.1. The molecule has 0 atom stereocenters. The quantitative estimate of drug-likeness (QED) is 0.803. The molecule has 2 aromatic heterocycles. The van der Waals surface area contributed by atoms with Crippen LogP contribution in [0.3, 0.4) is 0 Å². The Morgan fingerprint density at radius 2 is 2.39 bits per heavy atom. The number of hydrogen-bond donors (Lipinski definition) is 2. The van der Waals surface area contributed by atoms with Gasteiger partial charge in [-0.2, -0.15) is 0 Å². The molecule has 3 N–H and O–H groups in total. The second kappa shape index (κ2) is 5.26.